The van der Waals surface area contributed by atoms with Crippen LogP contribution in [0.15, 0.2) is 24.4 Å². The van der Waals surface area contributed by atoms with E-state index in [1.807, 2.05) is 32.0 Å². The number of halogens is 2. The second kappa shape index (κ2) is 8.67. The number of ether oxygens (including phenoxy) is 1. The Balaban J connectivity index is 1.57. The van der Waals surface area contributed by atoms with Crippen molar-refractivity contribution in [1.29, 1.82) is 0 Å². The van der Waals surface area contributed by atoms with Crippen LogP contribution in [0.2, 0.25) is 10.0 Å². The molecule has 1 N–H and O–H groups in total. The predicted molar refractivity (Wildman–Crippen MR) is 106 cm³/mol. The van der Waals surface area contributed by atoms with Gasteiger partial charge in [-0.05, 0) is 31.5 Å². The summed E-state index contributed by atoms with van der Waals surface area (Å²) in [5.74, 6) is -0.0667. The van der Waals surface area contributed by atoms with Crippen molar-refractivity contribution < 1.29 is 9.53 Å². The molecule has 0 bridgehead atoms. The second-order valence-electron chi connectivity index (χ2n) is 6.51. The van der Waals surface area contributed by atoms with Crippen LogP contribution in [0.4, 0.5) is 5.13 Å². The average Bonchev–Trinajstić information content (AvgIpc) is 2.97. The van der Waals surface area contributed by atoms with E-state index in [2.05, 4.69) is 15.2 Å². The van der Waals surface area contributed by atoms with Crippen molar-refractivity contribution in [3.63, 3.8) is 0 Å². The first kappa shape index (κ1) is 19.6. The highest BCUT2D eigenvalue weighted by atomic mass is 35.5. The molecule has 1 aliphatic heterocycles. The number of benzene rings is 1. The van der Waals surface area contributed by atoms with Crippen molar-refractivity contribution >= 4 is 45.6 Å². The summed E-state index contributed by atoms with van der Waals surface area (Å²) in [6.45, 7) is 5.89. The fourth-order valence-corrected chi connectivity index (χ4v) is 4.47. The molecule has 1 fully saturated rings. The molecule has 1 aromatic heterocycles. The van der Waals surface area contributed by atoms with Crippen molar-refractivity contribution in [3.8, 4) is 0 Å². The van der Waals surface area contributed by atoms with Gasteiger partial charge in [-0.15, -0.1) is 11.3 Å². The zero-order valence-electron chi connectivity index (χ0n) is 14.7. The number of nitrogens with zero attached hydrogens (tertiary/aromatic N) is 2. The summed E-state index contributed by atoms with van der Waals surface area (Å²) in [6, 6.07) is 5.45. The molecule has 1 aliphatic rings. The van der Waals surface area contributed by atoms with E-state index in [9.17, 15) is 4.79 Å². The Morgan fingerprint density at radius 3 is 2.62 bits per heavy atom. The van der Waals surface area contributed by atoms with Gasteiger partial charge in [-0.1, -0.05) is 29.3 Å². The molecule has 0 saturated carbocycles. The Kier molecular flexibility index (Phi) is 6.53. The maximum atomic E-state index is 12.3. The molecule has 1 amide bonds. The molecule has 1 aromatic carbocycles. The van der Waals surface area contributed by atoms with E-state index in [1.165, 1.54) is 11.3 Å². The molecule has 2 atom stereocenters. The molecule has 0 spiro atoms. The first-order valence-electron chi connectivity index (χ1n) is 8.46. The summed E-state index contributed by atoms with van der Waals surface area (Å²) >= 11 is 13.9. The topological polar surface area (TPSA) is 54.5 Å². The number of morpholine rings is 1. The first-order chi connectivity index (χ1) is 12.4. The Bertz CT molecular complexity index is 753. The van der Waals surface area contributed by atoms with Crippen LogP contribution < -0.4 is 5.32 Å². The van der Waals surface area contributed by atoms with E-state index in [0.717, 1.165) is 23.5 Å². The van der Waals surface area contributed by atoms with Gasteiger partial charge in [0, 0.05) is 40.6 Å². The zero-order valence-corrected chi connectivity index (χ0v) is 17.0. The molecule has 140 valence electrons. The SMILES string of the molecule is CC1CN(CC(=O)Nc2ncc(Cc3c(Cl)cccc3Cl)s2)CC(C)O1. The number of carbonyl (C=O) groups excluding carboxylic acids is 1. The van der Waals surface area contributed by atoms with Crippen LogP contribution in [0, 0.1) is 0 Å². The van der Waals surface area contributed by atoms with Gasteiger partial charge in [-0.3, -0.25) is 9.69 Å². The Labute approximate surface area is 167 Å². The number of thiazole rings is 1. The van der Waals surface area contributed by atoms with Gasteiger partial charge < -0.3 is 10.1 Å². The van der Waals surface area contributed by atoms with Crippen molar-refractivity contribution in [2.75, 3.05) is 25.0 Å². The minimum atomic E-state index is -0.0667. The summed E-state index contributed by atoms with van der Waals surface area (Å²) in [5.41, 5.74) is 0.869. The molecule has 2 heterocycles. The second-order valence-corrected chi connectivity index (χ2v) is 8.44. The summed E-state index contributed by atoms with van der Waals surface area (Å²) < 4.78 is 5.69. The van der Waals surface area contributed by atoms with Crippen LogP contribution in [-0.2, 0) is 16.0 Å². The van der Waals surface area contributed by atoms with Crippen LogP contribution in [0.1, 0.15) is 24.3 Å². The zero-order chi connectivity index (χ0) is 18.7. The van der Waals surface area contributed by atoms with E-state index < -0.39 is 0 Å². The van der Waals surface area contributed by atoms with Gasteiger partial charge in [0.05, 0.1) is 18.8 Å². The van der Waals surface area contributed by atoms with Crippen LogP contribution in [0.5, 0.6) is 0 Å². The molecule has 5 nitrogen and oxygen atoms in total. The average molecular weight is 414 g/mol. The molecule has 2 aromatic rings. The van der Waals surface area contributed by atoms with E-state index in [0.29, 0.717) is 28.1 Å². The highest BCUT2D eigenvalue weighted by Gasteiger charge is 2.24. The fourth-order valence-electron chi connectivity index (χ4n) is 3.10. The standard InChI is InChI=1S/C18H21Cl2N3O2S/c1-11-8-23(9-12(2)25-11)10-17(24)22-18-21-7-13(26-18)6-14-15(19)4-3-5-16(14)20/h3-5,7,11-12H,6,8-10H2,1-2H3,(H,21,22,24). The number of aromatic nitrogens is 1. The first-order valence-corrected chi connectivity index (χ1v) is 10.0. The quantitative estimate of drug-likeness (QED) is 0.801. The third-order valence-electron chi connectivity index (χ3n) is 4.08. The highest BCUT2D eigenvalue weighted by molar-refractivity contribution is 7.15. The van der Waals surface area contributed by atoms with E-state index in [1.54, 1.807) is 6.20 Å². The van der Waals surface area contributed by atoms with E-state index >= 15 is 0 Å². The lowest BCUT2D eigenvalue weighted by atomic mass is 10.1. The van der Waals surface area contributed by atoms with Crippen molar-refractivity contribution in [3.05, 3.63) is 44.9 Å². The van der Waals surface area contributed by atoms with Crippen molar-refractivity contribution in [2.24, 2.45) is 0 Å². The van der Waals surface area contributed by atoms with Gasteiger partial charge in [0.15, 0.2) is 5.13 Å². The maximum Gasteiger partial charge on any atom is 0.240 e. The summed E-state index contributed by atoms with van der Waals surface area (Å²) in [5, 5.41) is 4.72. The molecule has 2 unspecified atom stereocenters. The van der Waals surface area contributed by atoms with Gasteiger partial charge >= 0.3 is 0 Å². The van der Waals surface area contributed by atoms with Gasteiger partial charge in [0.2, 0.25) is 5.91 Å². The number of hydrogen-bond acceptors (Lipinski definition) is 5. The minimum absolute atomic E-state index is 0.0667. The van der Waals surface area contributed by atoms with Gasteiger partial charge in [0.1, 0.15) is 0 Å². The lowest BCUT2D eigenvalue weighted by molar-refractivity contribution is -0.121. The minimum Gasteiger partial charge on any atom is -0.373 e. The van der Waals surface area contributed by atoms with Crippen molar-refractivity contribution in [2.45, 2.75) is 32.5 Å². The molecular formula is C18H21Cl2N3O2S. The highest BCUT2D eigenvalue weighted by Crippen LogP contribution is 2.29. The lowest BCUT2D eigenvalue weighted by Crippen LogP contribution is -2.48. The number of carbonyl (C=O) groups is 1. The molecule has 0 aliphatic carbocycles. The van der Waals surface area contributed by atoms with Crippen LogP contribution in [0.3, 0.4) is 0 Å². The third kappa shape index (κ3) is 5.18. The number of anilines is 1. The number of amides is 1. The van der Waals surface area contributed by atoms with Gasteiger partial charge in [-0.2, -0.15) is 0 Å². The monoisotopic (exact) mass is 413 g/mol. The largest absolute Gasteiger partial charge is 0.373 e. The Hall–Kier alpha value is -1.18. The number of rotatable bonds is 5. The smallest absolute Gasteiger partial charge is 0.240 e. The molecule has 3 rings (SSSR count). The normalized spacial score (nSPS) is 20.9. The van der Waals surface area contributed by atoms with Crippen LogP contribution >= 0.6 is 34.5 Å². The van der Waals surface area contributed by atoms with Gasteiger partial charge in [-0.25, -0.2) is 4.98 Å². The van der Waals surface area contributed by atoms with Crippen LogP contribution in [0.25, 0.3) is 0 Å². The number of nitrogens with one attached hydrogen (secondary N) is 1. The van der Waals surface area contributed by atoms with Gasteiger partial charge in [0.25, 0.3) is 0 Å². The Morgan fingerprint density at radius 1 is 1.31 bits per heavy atom. The van der Waals surface area contributed by atoms with E-state index in [4.69, 9.17) is 27.9 Å². The fraction of sp³-hybridized carbons (Fsp3) is 0.444. The third-order valence-corrected chi connectivity index (χ3v) is 5.70. The molecule has 0 radical (unpaired) electrons. The van der Waals surface area contributed by atoms with E-state index in [-0.39, 0.29) is 18.1 Å². The number of hydrogen-bond donors (Lipinski definition) is 1. The lowest BCUT2D eigenvalue weighted by Gasteiger charge is -2.34. The molecule has 26 heavy (non-hydrogen) atoms. The predicted octanol–water partition coefficient (Wildman–Crippen LogP) is 4.09. The Morgan fingerprint density at radius 2 is 1.96 bits per heavy atom. The van der Waals surface area contributed by atoms with Crippen molar-refractivity contribution in [1.82, 2.24) is 9.88 Å². The molecule has 8 heteroatoms. The summed E-state index contributed by atoms with van der Waals surface area (Å²) in [7, 11) is 0. The summed E-state index contributed by atoms with van der Waals surface area (Å²) in [6.07, 6.45) is 2.61. The summed E-state index contributed by atoms with van der Waals surface area (Å²) in [4.78, 5) is 19.7. The van der Waals surface area contributed by atoms with Crippen LogP contribution in [-0.4, -0.2) is 47.6 Å². The maximum absolute atomic E-state index is 12.3. The molecule has 1 saturated heterocycles. The molecular weight excluding hydrogens is 393 g/mol.